The van der Waals surface area contributed by atoms with Gasteiger partial charge in [-0.05, 0) is 31.3 Å². The van der Waals surface area contributed by atoms with E-state index in [1.165, 1.54) is 11.8 Å². The predicted octanol–water partition coefficient (Wildman–Crippen LogP) is -2.33. The first-order valence-electron chi connectivity index (χ1n) is 9.92. The summed E-state index contributed by atoms with van der Waals surface area (Å²) in [6, 6.07) is -4.90. The quantitative estimate of drug-likeness (QED) is 0.0974. The summed E-state index contributed by atoms with van der Waals surface area (Å²) in [5, 5.41) is 25.1. The van der Waals surface area contributed by atoms with Crippen LogP contribution in [0.1, 0.15) is 32.1 Å². The van der Waals surface area contributed by atoms with Crippen molar-refractivity contribution in [3.63, 3.8) is 0 Å². The molecule has 0 saturated carbocycles. The van der Waals surface area contributed by atoms with Crippen molar-refractivity contribution in [2.24, 2.45) is 11.5 Å². The van der Waals surface area contributed by atoms with Gasteiger partial charge in [0.15, 0.2) is 0 Å². The Morgan fingerprint density at radius 2 is 1.33 bits per heavy atom. The zero-order chi connectivity index (χ0) is 25.6. The fourth-order valence-electron chi connectivity index (χ4n) is 2.49. The smallest absolute Gasteiger partial charge is 0.326 e. The van der Waals surface area contributed by atoms with E-state index < -0.39 is 66.2 Å². The highest BCUT2D eigenvalue weighted by Crippen LogP contribution is 2.06. The molecule has 0 fully saturated rings. The van der Waals surface area contributed by atoms with Crippen molar-refractivity contribution >= 4 is 60.0 Å². The largest absolute Gasteiger partial charge is 0.481 e. The minimum absolute atomic E-state index is 0.00165. The van der Waals surface area contributed by atoms with Crippen LogP contribution >= 0.6 is 24.4 Å². The third-order valence-corrected chi connectivity index (χ3v) is 5.39. The minimum atomic E-state index is -1.47. The summed E-state index contributed by atoms with van der Waals surface area (Å²) in [6.07, 6.45) is 0.672. The van der Waals surface area contributed by atoms with Crippen LogP contribution in [0.3, 0.4) is 0 Å². The number of hydrogen-bond acceptors (Lipinski definition) is 9. The molecule has 0 aromatic heterocycles. The van der Waals surface area contributed by atoms with Crippen molar-refractivity contribution in [3.05, 3.63) is 0 Å². The monoisotopic (exact) mass is 509 g/mol. The molecule has 188 valence electrons. The van der Waals surface area contributed by atoms with Gasteiger partial charge in [-0.15, -0.1) is 0 Å². The Morgan fingerprint density at radius 3 is 1.79 bits per heavy atom. The lowest BCUT2D eigenvalue weighted by molar-refractivity contribution is -0.143. The van der Waals surface area contributed by atoms with E-state index in [1.54, 1.807) is 6.26 Å². The third kappa shape index (κ3) is 12.9. The number of rotatable bonds is 17. The number of carbonyl (C=O) groups is 6. The van der Waals surface area contributed by atoms with Gasteiger partial charge in [-0.25, -0.2) is 4.79 Å². The summed E-state index contributed by atoms with van der Waals surface area (Å²) < 4.78 is 0. The molecule has 4 atom stereocenters. The van der Waals surface area contributed by atoms with Crippen molar-refractivity contribution in [2.45, 2.75) is 56.3 Å². The van der Waals surface area contributed by atoms with E-state index >= 15 is 0 Å². The van der Waals surface area contributed by atoms with E-state index in [1.807, 2.05) is 0 Å². The molecule has 0 aromatic rings. The average molecular weight is 510 g/mol. The second-order valence-corrected chi connectivity index (χ2v) is 8.38. The van der Waals surface area contributed by atoms with Crippen LogP contribution in [0.5, 0.6) is 0 Å². The summed E-state index contributed by atoms with van der Waals surface area (Å²) in [7, 11) is 0. The van der Waals surface area contributed by atoms with Gasteiger partial charge in [0, 0.05) is 18.6 Å². The molecule has 15 heteroatoms. The second kappa shape index (κ2) is 16.1. The van der Waals surface area contributed by atoms with Crippen LogP contribution in [0.2, 0.25) is 0 Å². The number of thiol groups is 1. The maximum absolute atomic E-state index is 12.8. The van der Waals surface area contributed by atoms with Gasteiger partial charge in [-0.3, -0.25) is 24.0 Å². The lowest BCUT2D eigenvalue weighted by Crippen LogP contribution is -2.57. The molecule has 0 aliphatic rings. The van der Waals surface area contributed by atoms with E-state index in [0.29, 0.717) is 5.75 Å². The summed E-state index contributed by atoms with van der Waals surface area (Å²) in [6.45, 7) is 0. The molecule has 33 heavy (non-hydrogen) atoms. The van der Waals surface area contributed by atoms with Crippen molar-refractivity contribution in [2.75, 3.05) is 17.8 Å². The van der Waals surface area contributed by atoms with Gasteiger partial charge < -0.3 is 37.6 Å². The molecule has 0 rings (SSSR count). The molecule has 0 aliphatic heterocycles. The van der Waals surface area contributed by atoms with Gasteiger partial charge in [0.25, 0.3) is 0 Å². The summed E-state index contributed by atoms with van der Waals surface area (Å²) in [5.74, 6) is -5.26. The van der Waals surface area contributed by atoms with Crippen LogP contribution in [0.4, 0.5) is 0 Å². The highest BCUT2D eigenvalue weighted by atomic mass is 32.2. The third-order valence-electron chi connectivity index (χ3n) is 4.35. The van der Waals surface area contributed by atoms with Gasteiger partial charge in [0.05, 0.1) is 6.04 Å². The Balaban J connectivity index is 5.46. The van der Waals surface area contributed by atoms with Crippen LogP contribution < -0.4 is 27.4 Å². The fraction of sp³-hybridized carbons (Fsp3) is 0.667. The van der Waals surface area contributed by atoms with E-state index in [9.17, 15) is 33.9 Å². The molecular formula is C18H31N5O8S2. The summed E-state index contributed by atoms with van der Waals surface area (Å²) >= 11 is 5.28. The number of carboxylic acids is 2. The zero-order valence-electron chi connectivity index (χ0n) is 18.1. The van der Waals surface area contributed by atoms with E-state index in [-0.39, 0.29) is 31.4 Å². The molecule has 9 N–H and O–H groups in total. The summed E-state index contributed by atoms with van der Waals surface area (Å²) in [5.41, 5.74) is 10.7. The Hall–Kier alpha value is -2.52. The number of hydrogen-bond donors (Lipinski definition) is 8. The van der Waals surface area contributed by atoms with Gasteiger partial charge >= 0.3 is 11.9 Å². The highest BCUT2D eigenvalue weighted by Gasteiger charge is 2.30. The van der Waals surface area contributed by atoms with Crippen LogP contribution in [0.15, 0.2) is 0 Å². The van der Waals surface area contributed by atoms with Crippen molar-refractivity contribution in [1.82, 2.24) is 16.0 Å². The number of thioether (sulfide) groups is 1. The van der Waals surface area contributed by atoms with Gasteiger partial charge in [0.2, 0.25) is 23.6 Å². The number of amides is 4. The van der Waals surface area contributed by atoms with E-state index in [0.717, 1.165) is 0 Å². The topological polar surface area (TPSA) is 231 Å². The first-order valence-corrected chi connectivity index (χ1v) is 11.9. The number of aliphatic carboxylic acids is 2. The normalized spacial score (nSPS) is 14.3. The molecule has 4 amide bonds. The maximum Gasteiger partial charge on any atom is 0.326 e. The molecular weight excluding hydrogens is 478 g/mol. The second-order valence-electron chi connectivity index (χ2n) is 7.03. The molecule has 0 bridgehead atoms. The number of nitrogens with two attached hydrogens (primary N) is 2. The van der Waals surface area contributed by atoms with E-state index in [4.69, 9.17) is 16.6 Å². The Labute approximate surface area is 200 Å². The fourth-order valence-corrected chi connectivity index (χ4v) is 3.13. The lowest BCUT2D eigenvalue weighted by Gasteiger charge is -2.25. The standard InChI is InChI=1S/C18H31N5O8S2/c1-33-7-6-11(17(29)23-12(18(30)31)3-5-14(25)26)22-16(28)10(2-4-13(20)24)21-15(27)9(19)8-32/h9-12,32H,2-8,19H2,1H3,(H2,20,24)(H,21,27)(H,22,28)(H,23,29)(H,25,26)(H,30,31). The number of primary amides is 1. The highest BCUT2D eigenvalue weighted by molar-refractivity contribution is 7.98. The molecule has 0 spiro atoms. The van der Waals surface area contributed by atoms with Crippen molar-refractivity contribution < 1.29 is 39.0 Å². The SMILES string of the molecule is CSCCC(NC(=O)C(CCC(N)=O)NC(=O)C(N)CS)C(=O)NC(CCC(=O)O)C(=O)O. The average Bonchev–Trinajstić information content (AvgIpc) is 2.74. The number of carboxylic acid groups (broad SMARTS) is 2. The van der Waals surface area contributed by atoms with Crippen LogP contribution in [0.25, 0.3) is 0 Å². The molecule has 0 heterocycles. The number of nitrogens with one attached hydrogen (secondary N) is 3. The zero-order valence-corrected chi connectivity index (χ0v) is 19.8. The summed E-state index contributed by atoms with van der Waals surface area (Å²) in [4.78, 5) is 70.8. The maximum atomic E-state index is 12.8. The van der Waals surface area contributed by atoms with Crippen LogP contribution in [-0.4, -0.2) is 87.7 Å². The minimum Gasteiger partial charge on any atom is -0.481 e. The Kier molecular flexibility index (Phi) is 14.9. The Morgan fingerprint density at radius 1 is 0.848 bits per heavy atom. The Bertz CT molecular complexity index is 724. The van der Waals surface area contributed by atoms with Gasteiger partial charge in [-0.2, -0.15) is 24.4 Å². The van der Waals surface area contributed by atoms with Crippen LogP contribution in [-0.2, 0) is 28.8 Å². The first-order chi connectivity index (χ1) is 15.4. The predicted molar refractivity (Wildman–Crippen MR) is 124 cm³/mol. The van der Waals surface area contributed by atoms with Crippen molar-refractivity contribution in [1.29, 1.82) is 0 Å². The molecule has 0 aliphatic carbocycles. The molecule has 13 nitrogen and oxygen atoms in total. The van der Waals surface area contributed by atoms with Gasteiger partial charge in [-0.1, -0.05) is 0 Å². The molecule has 0 radical (unpaired) electrons. The molecule has 4 unspecified atom stereocenters. The van der Waals surface area contributed by atoms with Crippen molar-refractivity contribution in [3.8, 4) is 0 Å². The van der Waals surface area contributed by atoms with E-state index in [2.05, 4.69) is 28.6 Å². The lowest BCUT2D eigenvalue weighted by atomic mass is 10.1. The van der Waals surface area contributed by atoms with Crippen LogP contribution in [0, 0.1) is 0 Å². The molecule has 0 aromatic carbocycles. The number of carbonyl (C=O) groups excluding carboxylic acids is 4. The first kappa shape index (κ1) is 30.5. The molecule has 0 saturated heterocycles. The van der Waals surface area contributed by atoms with Gasteiger partial charge in [0.1, 0.15) is 18.1 Å².